The fraction of sp³-hybridized carbons (Fsp3) is 1.00. The van der Waals surface area contributed by atoms with Gasteiger partial charge in [0.15, 0.2) is 0 Å². The van der Waals surface area contributed by atoms with E-state index in [1.54, 1.807) is 0 Å². The van der Waals surface area contributed by atoms with E-state index in [1.165, 1.54) is 43.5 Å². The molecule has 0 saturated carbocycles. The van der Waals surface area contributed by atoms with Gasteiger partial charge in [-0.05, 0) is 27.2 Å². The van der Waals surface area contributed by atoms with Crippen molar-refractivity contribution in [1.82, 2.24) is 0 Å². The van der Waals surface area contributed by atoms with Crippen molar-refractivity contribution in [2.75, 3.05) is 26.2 Å². The predicted molar refractivity (Wildman–Crippen MR) is 63.0 cm³/mol. The van der Waals surface area contributed by atoms with Crippen molar-refractivity contribution >= 4 is 0 Å². The summed E-state index contributed by atoms with van der Waals surface area (Å²) in [5, 5.41) is 0. The summed E-state index contributed by atoms with van der Waals surface area (Å²) >= 11 is 0. The summed E-state index contributed by atoms with van der Waals surface area (Å²) in [6, 6.07) is 0. The molecule has 1 nitrogen and oxygen atoms in total. The standard InChI is InChI=1S/C10H24N.C2H6/c1-5-9-10-11(6-2,7-3)8-4;1-2/h5-10H2,1-4H3;1-2H3/q+1;. The van der Waals surface area contributed by atoms with Crippen molar-refractivity contribution in [2.45, 2.75) is 54.4 Å². The summed E-state index contributed by atoms with van der Waals surface area (Å²) in [6.07, 6.45) is 2.72. The minimum atomic E-state index is 1.30. The number of unbranched alkanes of at least 4 members (excludes halogenated alkanes) is 1. The van der Waals surface area contributed by atoms with E-state index in [4.69, 9.17) is 0 Å². The zero-order valence-electron chi connectivity index (χ0n) is 10.7. The van der Waals surface area contributed by atoms with E-state index in [0.29, 0.717) is 0 Å². The molecule has 1 heteroatoms. The highest BCUT2D eigenvalue weighted by Gasteiger charge is 2.18. The second-order valence-corrected chi connectivity index (χ2v) is 3.37. The van der Waals surface area contributed by atoms with E-state index < -0.39 is 0 Å². The van der Waals surface area contributed by atoms with Gasteiger partial charge in [0.25, 0.3) is 0 Å². The van der Waals surface area contributed by atoms with Crippen LogP contribution in [0.25, 0.3) is 0 Å². The third kappa shape index (κ3) is 6.09. The highest BCUT2D eigenvalue weighted by molar-refractivity contribution is 4.38. The summed E-state index contributed by atoms with van der Waals surface area (Å²) in [5.74, 6) is 0. The first-order valence-corrected chi connectivity index (χ1v) is 6.09. The molecular weight excluding hydrogens is 158 g/mol. The summed E-state index contributed by atoms with van der Waals surface area (Å²) in [6.45, 7) is 18.5. The van der Waals surface area contributed by atoms with Crippen molar-refractivity contribution in [1.29, 1.82) is 0 Å². The van der Waals surface area contributed by atoms with Gasteiger partial charge in [-0.1, -0.05) is 27.2 Å². The Labute approximate surface area is 85.7 Å². The molecule has 0 atom stereocenters. The first-order valence-electron chi connectivity index (χ1n) is 6.09. The first kappa shape index (κ1) is 15.4. The molecule has 0 heterocycles. The molecule has 0 aliphatic rings. The zero-order chi connectivity index (χ0) is 10.7. The molecule has 0 bridgehead atoms. The molecule has 0 aliphatic carbocycles. The summed E-state index contributed by atoms with van der Waals surface area (Å²) in [7, 11) is 0. The third-order valence-corrected chi connectivity index (χ3v) is 3.00. The molecule has 0 radical (unpaired) electrons. The summed E-state index contributed by atoms with van der Waals surface area (Å²) in [4.78, 5) is 0. The lowest BCUT2D eigenvalue weighted by molar-refractivity contribution is -0.923. The van der Waals surface area contributed by atoms with Gasteiger partial charge in [0, 0.05) is 0 Å². The van der Waals surface area contributed by atoms with Gasteiger partial charge >= 0.3 is 0 Å². The Balaban J connectivity index is 0. The molecule has 0 amide bonds. The molecule has 0 aromatic rings. The van der Waals surface area contributed by atoms with Gasteiger partial charge in [0.1, 0.15) is 0 Å². The molecule has 0 spiro atoms. The predicted octanol–water partition coefficient (Wildman–Crippen LogP) is 3.69. The topological polar surface area (TPSA) is 0 Å². The Kier molecular flexibility index (Phi) is 11.9. The van der Waals surface area contributed by atoms with Crippen LogP contribution in [0.15, 0.2) is 0 Å². The first-order chi connectivity index (χ1) is 6.24. The van der Waals surface area contributed by atoms with Crippen LogP contribution in [0, 0.1) is 0 Å². The molecule has 0 aromatic carbocycles. The third-order valence-electron chi connectivity index (χ3n) is 3.00. The van der Waals surface area contributed by atoms with Gasteiger partial charge in [0.2, 0.25) is 0 Å². The lowest BCUT2D eigenvalue weighted by Gasteiger charge is -2.35. The smallest absolute Gasteiger partial charge is 0.0786 e. The van der Waals surface area contributed by atoms with E-state index >= 15 is 0 Å². The molecule has 0 fully saturated rings. The van der Waals surface area contributed by atoms with E-state index in [-0.39, 0.29) is 0 Å². The van der Waals surface area contributed by atoms with Crippen LogP contribution in [-0.2, 0) is 0 Å². The van der Waals surface area contributed by atoms with Crippen molar-refractivity contribution in [2.24, 2.45) is 0 Å². The Bertz CT molecular complexity index is 76.9. The van der Waals surface area contributed by atoms with Crippen molar-refractivity contribution in [3.63, 3.8) is 0 Å². The fourth-order valence-electron chi connectivity index (χ4n) is 1.64. The van der Waals surface area contributed by atoms with Gasteiger partial charge < -0.3 is 4.48 Å². The van der Waals surface area contributed by atoms with E-state index in [1.807, 2.05) is 13.8 Å². The number of quaternary nitrogens is 1. The maximum atomic E-state index is 2.31. The number of hydrogen-bond acceptors (Lipinski definition) is 0. The monoisotopic (exact) mass is 188 g/mol. The summed E-state index contributed by atoms with van der Waals surface area (Å²) < 4.78 is 1.31. The van der Waals surface area contributed by atoms with Crippen molar-refractivity contribution < 1.29 is 4.48 Å². The highest BCUT2D eigenvalue weighted by Crippen LogP contribution is 2.07. The quantitative estimate of drug-likeness (QED) is 0.558. The Hall–Kier alpha value is -0.0400. The molecule has 0 rings (SSSR count). The average molecular weight is 188 g/mol. The van der Waals surface area contributed by atoms with Crippen molar-refractivity contribution in [3.05, 3.63) is 0 Å². The van der Waals surface area contributed by atoms with Gasteiger partial charge in [-0.25, -0.2) is 0 Å². The van der Waals surface area contributed by atoms with Crippen LogP contribution < -0.4 is 0 Å². The lowest BCUT2D eigenvalue weighted by atomic mass is 10.2. The second kappa shape index (κ2) is 10.0. The second-order valence-electron chi connectivity index (χ2n) is 3.37. The Morgan fingerprint density at radius 1 is 0.769 bits per heavy atom. The van der Waals surface area contributed by atoms with Crippen LogP contribution >= 0.6 is 0 Å². The number of hydrogen-bond donors (Lipinski definition) is 0. The molecular formula is C12H30N+. The van der Waals surface area contributed by atoms with E-state index in [0.717, 1.165) is 0 Å². The number of nitrogens with zero attached hydrogens (tertiary/aromatic N) is 1. The fourth-order valence-corrected chi connectivity index (χ4v) is 1.64. The lowest BCUT2D eigenvalue weighted by Crippen LogP contribution is -2.48. The molecule has 13 heavy (non-hydrogen) atoms. The molecule has 0 N–H and O–H groups in total. The molecule has 0 aliphatic heterocycles. The zero-order valence-corrected chi connectivity index (χ0v) is 10.7. The maximum Gasteiger partial charge on any atom is 0.0786 e. The van der Waals surface area contributed by atoms with Crippen LogP contribution in [0.4, 0.5) is 0 Å². The molecule has 0 unspecified atom stereocenters. The minimum Gasteiger partial charge on any atom is -0.324 e. The number of rotatable bonds is 6. The summed E-state index contributed by atoms with van der Waals surface area (Å²) in [5.41, 5.74) is 0. The van der Waals surface area contributed by atoms with Crippen molar-refractivity contribution in [3.8, 4) is 0 Å². The van der Waals surface area contributed by atoms with E-state index in [2.05, 4.69) is 27.7 Å². The largest absolute Gasteiger partial charge is 0.324 e. The normalized spacial score (nSPS) is 10.6. The molecule has 0 aromatic heterocycles. The Morgan fingerprint density at radius 3 is 1.38 bits per heavy atom. The van der Waals surface area contributed by atoms with Crippen LogP contribution in [0.1, 0.15) is 54.4 Å². The minimum absolute atomic E-state index is 1.30. The van der Waals surface area contributed by atoms with Gasteiger partial charge in [-0.2, -0.15) is 0 Å². The van der Waals surface area contributed by atoms with Crippen LogP contribution in [0.2, 0.25) is 0 Å². The average Bonchev–Trinajstić information content (AvgIpc) is 2.24. The van der Waals surface area contributed by atoms with E-state index in [9.17, 15) is 0 Å². The maximum absolute atomic E-state index is 2.31. The molecule has 82 valence electrons. The van der Waals surface area contributed by atoms with Gasteiger partial charge in [-0.15, -0.1) is 0 Å². The van der Waals surface area contributed by atoms with Crippen LogP contribution in [-0.4, -0.2) is 30.7 Å². The van der Waals surface area contributed by atoms with Gasteiger partial charge in [-0.3, -0.25) is 0 Å². The van der Waals surface area contributed by atoms with Crippen LogP contribution in [0.5, 0.6) is 0 Å². The Morgan fingerprint density at radius 2 is 1.15 bits per heavy atom. The van der Waals surface area contributed by atoms with Crippen LogP contribution in [0.3, 0.4) is 0 Å². The molecule has 0 saturated heterocycles. The highest BCUT2D eigenvalue weighted by atomic mass is 15.3. The van der Waals surface area contributed by atoms with Gasteiger partial charge in [0.05, 0.1) is 26.2 Å². The SMILES string of the molecule is CC.CCCC[N+](CC)(CC)CC.